The molecule has 0 saturated carbocycles. The third kappa shape index (κ3) is 2.86. The molecular weight excluding hydrogens is 310 g/mol. The molecule has 5 nitrogen and oxygen atoms in total. The highest BCUT2D eigenvalue weighted by Gasteiger charge is 2.22. The zero-order chi connectivity index (χ0) is 16.4. The minimum atomic E-state index is -3.63. The third-order valence-electron chi connectivity index (χ3n) is 3.84. The van der Waals surface area contributed by atoms with Gasteiger partial charge in [0.15, 0.2) is 10.7 Å². The number of nitrogens with zero attached hydrogens (tertiary/aromatic N) is 3. The minimum Gasteiger partial charge on any atom is -0.287 e. The zero-order valence-corrected chi connectivity index (χ0v) is 14.0. The van der Waals surface area contributed by atoms with Crippen LogP contribution in [0.5, 0.6) is 0 Å². The van der Waals surface area contributed by atoms with Crippen LogP contribution in [0, 0.1) is 6.92 Å². The fourth-order valence-electron chi connectivity index (χ4n) is 2.51. The maximum atomic E-state index is 12.9. The van der Waals surface area contributed by atoms with E-state index in [1.165, 1.54) is 6.20 Å². The fraction of sp³-hybridized carbons (Fsp3) is 0.294. The number of hydrogen-bond acceptors (Lipinski definition) is 4. The van der Waals surface area contributed by atoms with E-state index in [0.717, 1.165) is 30.5 Å². The summed E-state index contributed by atoms with van der Waals surface area (Å²) in [6.45, 7) is 4.04. The number of fused-ring (bicyclic) bond motifs is 1. The monoisotopic (exact) mass is 329 g/mol. The number of rotatable bonds is 5. The first kappa shape index (κ1) is 15.7. The standard InChI is InChI=1S/C17H19N3O2S/c1-3-4-5-15-17-18-10-11-20(17)16(12-19-15)23(21,22)14-8-6-13(2)7-9-14/h6-12H,3-5H2,1-2H3. The first-order valence-electron chi connectivity index (χ1n) is 7.66. The summed E-state index contributed by atoms with van der Waals surface area (Å²) < 4.78 is 27.4. The van der Waals surface area contributed by atoms with Gasteiger partial charge in [-0.2, -0.15) is 0 Å². The Labute approximate surface area is 135 Å². The number of unbranched alkanes of at least 4 members (excludes halogenated alkanes) is 1. The van der Waals surface area contributed by atoms with E-state index < -0.39 is 9.84 Å². The Bertz CT molecular complexity index is 928. The van der Waals surface area contributed by atoms with Gasteiger partial charge >= 0.3 is 0 Å². The van der Waals surface area contributed by atoms with Crippen LogP contribution in [-0.4, -0.2) is 22.8 Å². The Morgan fingerprint density at radius 1 is 1.13 bits per heavy atom. The molecule has 0 unspecified atom stereocenters. The normalized spacial score (nSPS) is 11.9. The lowest BCUT2D eigenvalue weighted by atomic mass is 10.2. The van der Waals surface area contributed by atoms with Crippen LogP contribution in [0.1, 0.15) is 31.0 Å². The summed E-state index contributed by atoms with van der Waals surface area (Å²) in [4.78, 5) is 8.92. The molecule has 0 aliphatic carbocycles. The second-order valence-corrected chi connectivity index (χ2v) is 7.48. The average Bonchev–Trinajstić information content (AvgIpc) is 3.02. The highest BCUT2D eigenvalue weighted by atomic mass is 32.2. The molecule has 0 radical (unpaired) electrons. The molecule has 6 heteroatoms. The SMILES string of the molecule is CCCCc1ncc(S(=O)(=O)c2ccc(C)cc2)n2ccnc12. The van der Waals surface area contributed by atoms with E-state index >= 15 is 0 Å². The molecule has 0 fully saturated rings. The van der Waals surface area contributed by atoms with Gasteiger partial charge in [0, 0.05) is 12.4 Å². The first-order valence-corrected chi connectivity index (χ1v) is 9.15. The van der Waals surface area contributed by atoms with Crippen LogP contribution in [-0.2, 0) is 16.3 Å². The number of benzene rings is 1. The van der Waals surface area contributed by atoms with Crippen LogP contribution in [0.4, 0.5) is 0 Å². The molecule has 0 aliphatic heterocycles. The molecule has 0 atom stereocenters. The zero-order valence-electron chi connectivity index (χ0n) is 13.2. The van der Waals surface area contributed by atoms with Crippen molar-refractivity contribution in [2.75, 3.05) is 0 Å². The van der Waals surface area contributed by atoms with Crippen molar-refractivity contribution in [2.45, 2.75) is 43.0 Å². The molecule has 0 spiro atoms. The molecular formula is C17H19N3O2S. The van der Waals surface area contributed by atoms with E-state index in [4.69, 9.17) is 0 Å². The van der Waals surface area contributed by atoms with Crippen molar-refractivity contribution in [3.05, 3.63) is 54.1 Å². The molecule has 2 heterocycles. The van der Waals surface area contributed by atoms with Gasteiger partial charge in [0.1, 0.15) is 0 Å². The predicted molar refractivity (Wildman–Crippen MR) is 88.2 cm³/mol. The summed E-state index contributed by atoms with van der Waals surface area (Å²) in [6, 6.07) is 6.83. The Kier molecular flexibility index (Phi) is 4.17. The molecule has 2 aromatic heterocycles. The van der Waals surface area contributed by atoms with E-state index in [-0.39, 0.29) is 9.92 Å². The van der Waals surface area contributed by atoms with Crippen molar-refractivity contribution in [1.82, 2.24) is 14.4 Å². The highest BCUT2D eigenvalue weighted by molar-refractivity contribution is 7.91. The van der Waals surface area contributed by atoms with Gasteiger partial charge in [-0.1, -0.05) is 31.0 Å². The van der Waals surface area contributed by atoms with Crippen molar-refractivity contribution in [3.63, 3.8) is 0 Å². The lowest BCUT2D eigenvalue weighted by Crippen LogP contribution is -2.10. The minimum absolute atomic E-state index is 0.147. The van der Waals surface area contributed by atoms with E-state index in [1.807, 2.05) is 6.92 Å². The Hall–Kier alpha value is -2.21. The molecule has 0 saturated heterocycles. The molecule has 3 aromatic rings. The maximum absolute atomic E-state index is 12.9. The lowest BCUT2D eigenvalue weighted by Gasteiger charge is -2.09. The second-order valence-electron chi connectivity index (χ2n) is 5.58. The quantitative estimate of drug-likeness (QED) is 0.721. The van der Waals surface area contributed by atoms with Crippen molar-refractivity contribution in [1.29, 1.82) is 0 Å². The summed E-state index contributed by atoms with van der Waals surface area (Å²) in [5.41, 5.74) is 2.47. The van der Waals surface area contributed by atoms with Crippen molar-refractivity contribution in [2.24, 2.45) is 0 Å². The van der Waals surface area contributed by atoms with Gasteiger partial charge in [0.2, 0.25) is 9.84 Å². The largest absolute Gasteiger partial charge is 0.287 e. The summed E-state index contributed by atoms with van der Waals surface area (Å²) in [7, 11) is -3.63. The second kappa shape index (κ2) is 6.12. The number of hydrogen-bond donors (Lipinski definition) is 0. The van der Waals surface area contributed by atoms with Crippen LogP contribution in [0.15, 0.2) is 52.8 Å². The summed E-state index contributed by atoms with van der Waals surface area (Å²) in [5, 5.41) is 0.147. The van der Waals surface area contributed by atoms with Gasteiger partial charge in [-0.05, 0) is 31.9 Å². The van der Waals surface area contributed by atoms with Crippen LogP contribution >= 0.6 is 0 Å². The smallest absolute Gasteiger partial charge is 0.223 e. The Balaban J connectivity index is 2.13. The van der Waals surface area contributed by atoms with E-state index in [2.05, 4.69) is 16.9 Å². The van der Waals surface area contributed by atoms with Gasteiger partial charge in [-0.25, -0.2) is 13.4 Å². The van der Waals surface area contributed by atoms with E-state index in [1.54, 1.807) is 41.1 Å². The Morgan fingerprint density at radius 2 is 1.87 bits per heavy atom. The van der Waals surface area contributed by atoms with Crippen molar-refractivity contribution < 1.29 is 8.42 Å². The third-order valence-corrected chi connectivity index (χ3v) is 5.59. The molecule has 3 rings (SSSR count). The molecule has 120 valence electrons. The van der Waals surface area contributed by atoms with E-state index in [9.17, 15) is 8.42 Å². The average molecular weight is 329 g/mol. The first-order chi connectivity index (χ1) is 11.0. The van der Waals surface area contributed by atoms with Gasteiger partial charge in [0.25, 0.3) is 0 Å². The number of aryl methyl sites for hydroxylation is 2. The summed E-state index contributed by atoms with van der Waals surface area (Å²) in [6.07, 6.45) is 7.57. The molecule has 0 bridgehead atoms. The van der Waals surface area contributed by atoms with Crippen LogP contribution in [0.3, 0.4) is 0 Å². The van der Waals surface area contributed by atoms with Gasteiger partial charge in [-0.3, -0.25) is 9.38 Å². The molecule has 0 aliphatic rings. The molecule has 0 amide bonds. The fourth-order valence-corrected chi connectivity index (χ4v) is 3.84. The van der Waals surface area contributed by atoms with Gasteiger partial charge < -0.3 is 0 Å². The van der Waals surface area contributed by atoms with Crippen LogP contribution in [0.25, 0.3) is 5.65 Å². The molecule has 23 heavy (non-hydrogen) atoms. The summed E-state index contributed by atoms with van der Waals surface area (Å²) >= 11 is 0. The topological polar surface area (TPSA) is 64.3 Å². The number of aromatic nitrogens is 3. The lowest BCUT2D eigenvalue weighted by molar-refractivity contribution is 0.589. The number of imidazole rings is 1. The van der Waals surface area contributed by atoms with E-state index in [0.29, 0.717) is 5.65 Å². The van der Waals surface area contributed by atoms with Gasteiger partial charge in [0.05, 0.1) is 16.8 Å². The maximum Gasteiger partial charge on any atom is 0.223 e. The predicted octanol–water partition coefficient (Wildman–Crippen LogP) is 3.21. The van der Waals surface area contributed by atoms with Gasteiger partial charge in [-0.15, -0.1) is 0 Å². The van der Waals surface area contributed by atoms with Crippen LogP contribution in [0.2, 0.25) is 0 Å². The van der Waals surface area contributed by atoms with Crippen molar-refractivity contribution in [3.8, 4) is 0 Å². The molecule has 1 aromatic carbocycles. The van der Waals surface area contributed by atoms with Crippen molar-refractivity contribution >= 4 is 15.5 Å². The summed E-state index contributed by atoms with van der Waals surface area (Å²) in [5.74, 6) is 0. The Morgan fingerprint density at radius 3 is 2.57 bits per heavy atom. The highest BCUT2D eigenvalue weighted by Crippen LogP contribution is 2.23. The number of sulfone groups is 1. The van der Waals surface area contributed by atoms with Crippen LogP contribution < -0.4 is 0 Å². The molecule has 0 N–H and O–H groups in total.